The van der Waals surface area contributed by atoms with Crippen LogP contribution < -0.4 is 0 Å². The molecule has 0 aromatic carbocycles. The van der Waals surface area contributed by atoms with Crippen LogP contribution >= 0.6 is 11.3 Å². The molecule has 0 aliphatic carbocycles. The van der Waals surface area contributed by atoms with Crippen molar-refractivity contribution >= 4 is 17.2 Å². The lowest BCUT2D eigenvalue weighted by atomic mass is 9.94. The fraction of sp³-hybridized carbons (Fsp3) is 0.556. The summed E-state index contributed by atoms with van der Waals surface area (Å²) in [7, 11) is 0. The lowest BCUT2D eigenvalue weighted by Crippen LogP contribution is -2.39. The second-order valence-electron chi connectivity index (χ2n) is 7.45. The van der Waals surface area contributed by atoms with Crippen LogP contribution in [0.2, 0.25) is 0 Å². The van der Waals surface area contributed by atoms with Crippen LogP contribution in [0.5, 0.6) is 0 Å². The highest BCUT2D eigenvalue weighted by Gasteiger charge is 2.37. The molecule has 24 heavy (non-hydrogen) atoms. The number of aryl methyl sites for hydroxylation is 2. The molecule has 0 bridgehead atoms. The molecule has 1 atom stereocenters. The summed E-state index contributed by atoms with van der Waals surface area (Å²) in [6.45, 7) is 10.6. The van der Waals surface area contributed by atoms with E-state index in [1.807, 2.05) is 51.0 Å². The first-order chi connectivity index (χ1) is 11.3. The third kappa shape index (κ3) is 3.34. The summed E-state index contributed by atoms with van der Waals surface area (Å²) in [5.74, 6) is 0.912. The van der Waals surface area contributed by atoms with Gasteiger partial charge >= 0.3 is 0 Å². The van der Waals surface area contributed by atoms with E-state index >= 15 is 0 Å². The second kappa shape index (κ2) is 6.24. The van der Waals surface area contributed by atoms with Crippen LogP contribution in [0.15, 0.2) is 11.4 Å². The number of aromatic nitrogens is 3. The van der Waals surface area contributed by atoms with E-state index in [9.17, 15) is 4.79 Å². The van der Waals surface area contributed by atoms with Gasteiger partial charge in [-0.1, -0.05) is 20.8 Å². The number of rotatable bonds is 2. The molecule has 2 aromatic rings. The van der Waals surface area contributed by atoms with Gasteiger partial charge in [-0.25, -0.2) is 15.0 Å². The van der Waals surface area contributed by atoms with Crippen LogP contribution in [0, 0.1) is 19.3 Å². The Morgan fingerprint density at radius 3 is 2.58 bits per heavy atom. The third-order valence-corrected chi connectivity index (χ3v) is 5.15. The number of carbonyl (C=O) groups is 1. The Morgan fingerprint density at radius 2 is 1.96 bits per heavy atom. The predicted molar refractivity (Wildman–Crippen MR) is 95.8 cm³/mol. The summed E-state index contributed by atoms with van der Waals surface area (Å²) in [6, 6.07) is 1.93. The average Bonchev–Trinajstić information content (AvgIpc) is 3.13. The number of likely N-dealkylation sites (tertiary alicyclic amines) is 1. The topological polar surface area (TPSA) is 59.0 Å². The third-order valence-electron chi connectivity index (χ3n) is 4.16. The van der Waals surface area contributed by atoms with E-state index in [4.69, 9.17) is 4.98 Å². The van der Waals surface area contributed by atoms with Crippen molar-refractivity contribution < 1.29 is 4.79 Å². The monoisotopic (exact) mass is 344 g/mol. The Bertz CT molecular complexity index is 763. The number of carbonyl (C=O) groups excluding carboxylic acids is 1. The van der Waals surface area contributed by atoms with Gasteiger partial charge in [0, 0.05) is 28.7 Å². The first-order valence-corrected chi connectivity index (χ1v) is 9.23. The van der Waals surface area contributed by atoms with Gasteiger partial charge in [-0.05, 0) is 32.8 Å². The normalized spacial score (nSPS) is 18.2. The van der Waals surface area contributed by atoms with Crippen molar-refractivity contribution in [3.05, 3.63) is 28.7 Å². The lowest BCUT2D eigenvalue weighted by Gasteiger charge is -2.30. The van der Waals surface area contributed by atoms with Crippen LogP contribution in [-0.4, -0.2) is 32.3 Å². The summed E-state index contributed by atoms with van der Waals surface area (Å²) >= 11 is 1.59. The van der Waals surface area contributed by atoms with Gasteiger partial charge in [0.2, 0.25) is 5.91 Å². The minimum absolute atomic E-state index is 0.0311. The Morgan fingerprint density at radius 1 is 1.21 bits per heavy atom. The number of thiazole rings is 1. The van der Waals surface area contributed by atoms with Crippen LogP contribution in [0.25, 0.3) is 10.7 Å². The molecular formula is C18H24N4OS. The van der Waals surface area contributed by atoms with Crippen LogP contribution in [-0.2, 0) is 4.79 Å². The molecule has 0 radical (unpaired) electrons. The van der Waals surface area contributed by atoms with E-state index in [1.54, 1.807) is 11.3 Å². The molecule has 5 nitrogen and oxygen atoms in total. The van der Waals surface area contributed by atoms with Crippen molar-refractivity contribution in [2.45, 2.75) is 53.5 Å². The van der Waals surface area contributed by atoms with Gasteiger partial charge in [-0.2, -0.15) is 0 Å². The van der Waals surface area contributed by atoms with Crippen molar-refractivity contribution in [1.29, 1.82) is 0 Å². The van der Waals surface area contributed by atoms with E-state index < -0.39 is 0 Å². The highest BCUT2D eigenvalue weighted by Crippen LogP contribution is 2.35. The number of amides is 1. The van der Waals surface area contributed by atoms with E-state index in [-0.39, 0.29) is 17.4 Å². The van der Waals surface area contributed by atoms with Crippen LogP contribution in [0.1, 0.15) is 56.9 Å². The SMILES string of the molecule is Cc1cc(-c2nc(C)cs2)nc(C2CCCN2C(=O)C(C)(C)C)n1. The van der Waals surface area contributed by atoms with Crippen LogP contribution in [0.3, 0.4) is 0 Å². The average molecular weight is 344 g/mol. The molecule has 128 valence electrons. The highest BCUT2D eigenvalue weighted by molar-refractivity contribution is 7.13. The molecule has 0 spiro atoms. The molecule has 1 unspecified atom stereocenters. The van der Waals surface area contributed by atoms with Gasteiger partial charge in [-0.15, -0.1) is 11.3 Å². The number of nitrogens with zero attached hydrogens (tertiary/aromatic N) is 4. The van der Waals surface area contributed by atoms with Gasteiger partial charge < -0.3 is 4.90 Å². The predicted octanol–water partition coefficient (Wildman–Crippen LogP) is 3.93. The van der Waals surface area contributed by atoms with Gasteiger partial charge in [0.05, 0.1) is 6.04 Å². The lowest BCUT2D eigenvalue weighted by molar-refractivity contribution is -0.140. The Hall–Kier alpha value is -1.82. The van der Waals surface area contributed by atoms with E-state index in [0.29, 0.717) is 0 Å². The molecule has 3 heterocycles. The molecule has 6 heteroatoms. The van der Waals surface area contributed by atoms with Gasteiger partial charge in [0.15, 0.2) is 5.82 Å². The molecule has 1 saturated heterocycles. The number of hydrogen-bond donors (Lipinski definition) is 0. The Labute approximate surface area is 147 Å². The zero-order valence-corrected chi connectivity index (χ0v) is 15.8. The Balaban J connectivity index is 1.96. The maximum Gasteiger partial charge on any atom is 0.228 e. The van der Waals surface area contributed by atoms with E-state index in [1.165, 1.54) is 0 Å². The maximum atomic E-state index is 12.8. The molecular weight excluding hydrogens is 320 g/mol. The molecule has 1 aliphatic heterocycles. The fourth-order valence-corrected chi connectivity index (χ4v) is 3.79. The van der Waals surface area contributed by atoms with E-state index in [0.717, 1.165) is 47.3 Å². The van der Waals surface area contributed by atoms with Gasteiger partial charge in [0.25, 0.3) is 0 Å². The molecule has 0 N–H and O–H groups in total. The largest absolute Gasteiger partial charge is 0.332 e. The van der Waals surface area contributed by atoms with Crippen molar-refractivity contribution in [1.82, 2.24) is 19.9 Å². The summed E-state index contributed by atoms with van der Waals surface area (Å²) < 4.78 is 0. The Kier molecular flexibility index (Phi) is 4.42. The van der Waals surface area contributed by atoms with Gasteiger partial charge in [0.1, 0.15) is 10.7 Å². The minimum atomic E-state index is -0.387. The van der Waals surface area contributed by atoms with Gasteiger partial charge in [-0.3, -0.25) is 4.79 Å². The summed E-state index contributed by atoms with van der Waals surface area (Å²) in [5, 5.41) is 2.93. The summed E-state index contributed by atoms with van der Waals surface area (Å²) in [6.07, 6.45) is 1.91. The van der Waals surface area contributed by atoms with E-state index in [2.05, 4.69) is 9.97 Å². The molecule has 1 aliphatic rings. The first kappa shape index (κ1) is 17.0. The van der Waals surface area contributed by atoms with Crippen molar-refractivity contribution in [3.8, 4) is 10.7 Å². The quantitative estimate of drug-likeness (QED) is 0.828. The molecule has 0 saturated carbocycles. The van der Waals surface area contributed by atoms with Crippen molar-refractivity contribution in [2.24, 2.45) is 5.41 Å². The van der Waals surface area contributed by atoms with Crippen molar-refractivity contribution in [2.75, 3.05) is 6.54 Å². The van der Waals surface area contributed by atoms with Crippen molar-refractivity contribution in [3.63, 3.8) is 0 Å². The highest BCUT2D eigenvalue weighted by atomic mass is 32.1. The fourth-order valence-electron chi connectivity index (χ4n) is 3.03. The molecule has 1 amide bonds. The second-order valence-corrected chi connectivity index (χ2v) is 8.31. The zero-order valence-electron chi connectivity index (χ0n) is 15.0. The summed E-state index contributed by atoms with van der Waals surface area (Å²) in [4.78, 5) is 28.6. The zero-order chi connectivity index (χ0) is 17.5. The standard InChI is InChI=1S/C18H24N4OS/c1-11-9-13(16-20-12(2)10-24-16)21-15(19-11)14-7-6-8-22(14)17(23)18(3,4)5/h9-10,14H,6-8H2,1-5H3. The first-order valence-electron chi connectivity index (χ1n) is 8.35. The number of hydrogen-bond acceptors (Lipinski definition) is 5. The van der Waals surface area contributed by atoms with Crippen LogP contribution in [0.4, 0.5) is 0 Å². The molecule has 2 aromatic heterocycles. The molecule has 1 fully saturated rings. The minimum Gasteiger partial charge on any atom is -0.332 e. The smallest absolute Gasteiger partial charge is 0.228 e. The summed E-state index contributed by atoms with van der Waals surface area (Å²) in [5.41, 5.74) is 2.38. The molecule has 3 rings (SSSR count). The maximum absolute atomic E-state index is 12.8.